The van der Waals surface area contributed by atoms with Crippen molar-refractivity contribution in [1.29, 1.82) is 0 Å². The smallest absolute Gasteiger partial charge is 0.184 e. The first kappa shape index (κ1) is 14.7. The highest BCUT2D eigenvalue weighted by molar-refractivity contribution is 6.08. The van der Waals surface area contributed by atoms with Crippen LogP contribution in [0, 0.1) is 6.92 Å². The maximum Gasteiger partial charge on any atom is 0.184 e. The molecule has 0 amide bonds. The Bertz CT molecular complexity index is 1060. The summed E-state index contributed by atoms with van der Waals surface area (Å²) in [7, 11) is 0. The molecule has 0 aliphatic carbocycles. The molecule has 4 nitrogen and oxygen atoms in total. The topological polar surface area (TPSA) is 39.8 Å². The van der Waals surface area contributed by atoms with Crippen LogP contribution in [-0.2, 0) is 13.1 Å². The number of ketones is 1. The minimum absolute atomic E-state index is 0.115. The molecule has 0 saturated heterocycles. The highest BCUT2D eigenvalue weighted by Gasteiger charge is 2.17. The van der Waals surface area contributed by atoms with Crippen LogP contribution in [0.25, 0.3) is 21.9 Å². The van der Waals surface area contributed by atoms with Crippen molar-refractivity contribution in [2.24, 2.45) is 0 Å². The molecule has 0 unspecified atom stereocenters. The average molecular weight is 317 g/mol. The van der Waals surface area contributed by atoms with E-state index in [0.717, 1.165) is 39.9 Å². The first-order valence-corrected chi connectivity index (χ1v) is 8.22. The SMILES string of the molecule is CCn1cc(C(=O)Cn2c(C)nc3ccccc32)c2ccccc21. The molecule has 0 bridgehead atoms. The number of hydrogen-bond acceptors (Lipinski definition) is 2. The molecule has 4 rings (SSSR count). The summed E-state index contributed by atoms with van der Waals surface area (Å²) in [6.45, 7) is 5.20. The predicted octanol–water partition coefficient (Wildman–Crippen LogP) is 4.20. The summed E-state index contributed by atoms with van der Waals surface area (Å²) in [6.07, 6.45) is 1.97. The molecule has 0 spiro atoms. The van der Waals surface area contributed by atoms with Gasteiger partial charge in [0.05, 0.1) is 17.6 Å². The van der Waals surface area contributed by atoms with Crippen LogP contribution in [0.15, 0.2) is 54.7 Å². The van der Waals surface area contributed by atoms with Crippen LogP contribution in [0.4, 0.5) is 0 Å². The molecule has 0 N–H and O–H groups in total. The number of nitrogens with zero attached hydrogens (tertiary/aromatic N) is 3. The number of aryl methyl sites for hydroxylation is 2. The molecular formula is C20H19N3O. The molecule has 0 atom stereocenters. The Morgan fingerprint density at radius 3 is 2.54 bits per heavy atom. The van der Waals surface area contributed by atoms with Crippen LogP contribution in [0.3, 0.4) is 0 Å². The fraction of sp³-hybridized carbons (Fsp3) is 0.200. The maximum atomic E-state index is 13.0. The van der Waals surface area contributed by atoms with Gasteiger partial charge in [0, 0.05) is 29.2 Å². The highest BCUT2D eigenvalue weighted by Crippen LogP contribution is 2.23. The van der Waals surface area contributed by atoms with Gasteiger partial charge >= 0.3 is 0 Å². The summed E-state index contributed by atoms with van der Waals surface area (Å²) in [5.41, 5.74) is 3.82. The number of carbonyl (C=O) groups is 1. The molecule has 0 radical (unpaired) electrons. The molecule has 24 heavy (non-hydrogen) atoms. The lowest BCUT2D eigenvalue weighted by atomic mass is 10.1. The Morgan fingerprint density at radius 1 is 1.04 bits per heavy atom. The van der Waals surface area contributed by atoms with Gasteiger partial charge in [-0.1, -0.05) is 30.3 Å². The molecule has 2 heterocycles. The largest absolute Gasteiger partial charge is 0.347 e. The summed E-state index contributed by atoms with van der Waals surface area (Å²) in [5.74, 6) is 0.980. The number of benzene rings is 2. The van der Waals surface area contributed by atoms with Gasteiger partial charge in [0.15, 0.2) is 5.78 Å². The van der Waals surface area contributed by atoms with E-state index in [1.165, 1.54) is 0 Å². The van der Waals surface area contributed by atoms with Crippen molar-refractivity contribution in [2.45, 2.75) is 26.9 Å². The van der Waals surface area contributed by atoms with E-state index >= 15 is 0 Å². The number of aromatic nitrogens is 3. The minimum atomic E-state index is 0.115. The van der Waals surface area contributed by atoms with Crippen molar-refractivity contribution in [2.75, 3.05) is 0 Å². The van der Waals surface area contributed by atoms with Crippen molar-refractivity contribution >= 4 is 27.7 Å². The second-order valence-electron chi connectivity index (χ2n) is 6.00. The van der Waals surface area contributed by atoms with Crippen LogP contribution in [0.5, 0.6) is 0 Å². The lowest BCUT2D eigenvalue weighted by Crippen LogP contribution is -2.11. The first-order valence-electron chi connectivity index (χ1n) is 8.22. The van der Waals surface area contributed by atoms with Crippen molar-refractivity contribution in [3.8, 4) is 0 Å². The normalized spacial score (nSPS) is 11.4. The summed E-state index contributed by atoms with van der Waals surface area (Å²) >= 11 is 0. The lowest BCUT2D eigenvalue weighted by Gasteiger charge is -2.05. The van der Waals surface area contributed by atoms with Crippen LogP contribution in [0.2, 0.25) is 0 Å². The third-order valence-electron chi connectivity index (χ3n) is 4.58. The number of Topliss-reactive ketones (excluding diaryl/α,β-unsaturated/α-hetero) is 1. The number of fused-ring (bicyclic) bond motifs is 2. The molecule has 0 aliphatic rings. The molecular weight excluding hydrogens is 298 g/mol. The number of hydrogen-bond donors (Lipinski definition) is 0. The Morgan fingerprint density at radius 2 is 1.75 bits per heavy atom. The first-order chi connectivity index (χ1) is 11.7. The third kappa shape index (κ3) is 2.22. The third-order valence-corrected chi connectivity index (χ3v) is 4.58. The zero-order valence-corrected chi connectivity index (χ0v) is 13.9. The summed E-state index contributed by atoms with van der Waals surface area (Å²) in [6, 6.07) is 16.0. The van der Waals surface area contributed by atoms with Gasteiger partial charge in [0.1, 0.15) is 5.82 Å². The summed E-state index contributed by atoms with van der Waals surface area (Å²) in [5, 5.41) is 1.02. The lowest BCUT2D eigenvalue weighted by molar-refractivity contribution is 0.0974. The van der Waals surface area contributed by atoms with E-state index in [2.05, 4.69) is 22.5 Å². The van der Waals surface area contributed by atoms with Crippen molar-refractivity contribution in [3.63, 3.8) is 0 Å². The van der Waals surface area contributed by atoms with Gasteiger partial charge in [-0.05, 0) is 32.0 Å². The van der Waals surface area contributed by atoms with Gasteiger partial charge < -0.3 is 9.13 Å². The van der Waals surface area contributed by atoms with Gasteiger partial charge in [-0.3, -0.25) is 4.79 Å². The second kappa shape index (κ2) is 5.64. The molecule has 120 valence electrons. The number of para-hydroxylation sites is 3. The van der Waals surface area contributed by atoms with Crippen molar-refractivity contribution in [1.82, 2.24) is 14.1 Å². The average Bonchev–Trinajstić information content (AvgIpc) is 3.13. The van der Waals surface area contributed by atoms with Crippen LogP contribution >= 0.6 is 0 Å². The molecule has 0 fully saturated rings. The minimum Gasteiger partial charge on any atom is -0.347 e. The van der Waals surface area contributed by atoms with E-state index < -0.39 is 0 Å². The molecule has 4 aromatic rings. The summed E-state index contributed by atoms with van der Waals surface area (Å²) < 4.78 is 4.12. The maximum absolute atomic E-state index is 13.0. The molecule has 0 saturated carbocycles. The molecule has 2 aromatic carbocycles. The van der Waals surface area contributed by atoms with E-state index in [1.54, 1.807) is 0 Å². The van der Waals surface area contributed by atoms with E-state index in [0.29, 0.717) is 6.54 Å². The van der Waals surface area contributed by atoms with Crippen LogP contribution in [0.1, 0.15) is 23.1 Å². The van der Waals surface area contributed by atoms with Gasteiger partial charge in [0.2, 0.25) is 0 Å². The Kier molecular flexibility index (Phi) is 3.45. The van der Waals surface area contributed by atoms with Crippen LogP contribution < -0.4 is 0 Å². The standard InChI is InChI=1S/C20H19N3O/c1-3-22-12-16(15-8-4-6-10-18(15)22)20(24)13-23-14(2)21-17-9-5-7-11-19(17)23/h4-12H,3,13H2,1-2H3. The van der Waals surface area contributed by atoms with E-state index in [9.17, 15) is 4.79 Å². The monoisotopic (exact) mass is 317 g/mol. The zero-order valence-electron chi connectivity index (χ0n) is 13.9. The second-order valence-corrected chi connectivity index (χ2v) is 6.00. The van der Waals surface area contributed by atoms with Crippen LogP contribution in [-0.4, -0.2) is 19.9 Å². The molecule has 0 aliphatic heterocycles. The fourth-order valence-corrected chi connectivity index (χ4v) is 3.35. The number of carbonyl (C=O) groups excluding carboxylic acids is 1. The highest BCUT2D eigenvalue weighted by atomic mass is 16.1. The van der Waals surface area contributed by atoms with Gasteiger partial charge in [0.25, 0.3) is 0 Å². The molecule has 2 aromatic heterocycles. The Labute approximate surface area is 140 Å². The summed E-state index contributed by atoms with van der Waals surface area (Å²) in [4.78, 5) is 17.5. The van der Waals surface area contributed by atoms with E-state index in [1.807, 2.05) is 60.2 Å². The van der Waals surface area contributed by atoms with E-state index in [-0.39, 0.29) is 5.78 Å². The van der Waals surface area contributed by atoms with Gasteiger partial charge in [-0.25, -0.2) is 4.98 Å². The number of rotatable bonds is 4. The quantitative estimate of drug-likeness (QED) is 0.529. The van der Waals surface area contributed by atoms with Crippen molar-refractivity contribution in [3.05, 3.63) is 66.1 Å². The van der Waals surface area contributed by atoms with Crippen molar-refractivity contribution < 1.29 is 4.79 Å². The molecule has 4 heteroatoms. The fourth-order valence-electron chi connectivity index (χ4n) is 3.35. The Balaban J connectivity index is 1.78. The van der Waals surface area contributed by atoms with Gasteiger partial charge in [-0.2, -0.15) is 0 Å². The van der Waals surface area contributed by atoms with E-state index in [4.69, 9.17) is 0 Å². The van der Waals surface area contributed by atoms with Gasteiger partial charge in [-0.15, -0.1) is 0 Å². The Hall–Kier alpha value is -2.88. The zero-order chi connectivity index (χ0) is 16.7. The predicted molar refractivity (Wildman–Crippen MR) is 96.4 cm³/mol. The number of imidazole rings is 1.